The molecule has 1 aromatic carbocycles. The maximum atomic E-state index is 9.19. The highest BCUT2D eigenvalue weighted by atomic mass is 32.2. The molecule has 0 saturated carbocycles. The number of rotatable bonds is 1. The normalized spacial score (nSPS) is 18.9. The summed E-state index contributed by atoms with van der Waals surface area (Å²) < 4.78 is 31.2. The summed E-state index contributed by atoms with van der Waals surface area (Å²) in [7, 11) is -1.95. The van der Waals surface area contributed by atoms with E-state index in [0.29, 0.717) is 12.4 Å². The quantitative estimate of drug-likeness (QED) is 0.678. The number of aromatic nitrogens is 1. The zero-order valence-electron chi connectivity index (χ0n) is 13.8. The predicted molar refractivity (Wildman–Crippen MR) is 93.3 cm³/mol. The number of benzene rings is 1. The fraction of sp³-hybridized carbons (Fsp3) is 0.375. The molecule has 0 fully saturated rings. The summed E-state index contributed by atoms with van der Waals surface area (Å²) >= 11 is 0. The molecule has 2 aromatic rings. The monoisotopic (exact) mass is 351 g/mol. The van der Waals surface area contributed by atoms with E-state index in [1.54, 1.807) is 7.11 Å². The first kappa shape index (κ1) is 16.7. The van der Waals surface area contributed by atoms with Crippen molar-refractivity contribution in [3.63, 3.8) is 0 Å². The molecule has 0 radical (unpaired) electrons. The van der Waals surface area contributed by atoms with Gasteiger partial charge in [0, 0.05) is 23.6 Å². The van der Waals surface area contributed by atoms with Gasteiger partial charge in [-0.3, -0.25) is 4.55 Å². The van der Waals surface area contributed by atoms with Gasteiger partial charge in [0.05, 0.1) is 30.9 Å². The minimum Gasteiger partial charge on any atom is -0.497 e. The number of aromatic amines is 1. The molecule has 1 atom stereocenters. The third-order valence-corrected chi connectivity index (χ3v) is 4.21. The molecule has 1 aromatic heterocycles. The maximum Gasteiger partial charge on any atom is 0.261 e. The average Bonchev–Trinajstić information content (AvgIpc) is 3.05. The molecule has 0 aliphatic carbocycles. The Balaban J connectivity index is 0.000000300. The summed E-state index contributed by atoms with van der Waals surface area (Å²) in [6, 6.07) is 6.24. The Morgan fingerprint density at radius 3 is 2.75 bits per heavy atom. The molecule has 2 aliphatic rings. The first-order valence-corrected chi connectivity index (χ1v) is 9.47. The Bertz CT molecular complexity index is 893. The SMILES string of the molecule is COc1ccc2[nH]c3c(c2c1)CCN1C3=CNC1C.CS(=O)(=O)O. The van der Waals surface area contributed by atoms with Gasteiger partial charge in [-0.05, 0) is 37.1 Å². The zero-order chi connectivity index (χ0) is 17.5. The Kier molecular flexibility index (Phi) is 4.18. The molecule has 3 heterocycles. The summed E-state index contributed by atoms with van der Waals surface area (Å²) in [5, 5.41) is 4.68. The topological polar surface area (TPSA) is 94.7 Å². The molecule has 8 heteroatoms. The van der Waals surface area contributed by atoms with Gasteiger partial charge in [-0.15, -0.1) is 0 Å². The molecular weight excluding hydrogens is 330 g/mol. The van der Waals surface area contributed by atoms with Crippen LogP contribution in [-0.2, 0) is 16.5 Å². The molecule has 24 heavy (non-hydrogen) atoms. The fourth-order valence-electron chi connectivity index (χ4n) is 3.18. The van der Waals surface area contributed by atoms with E-state index >= 15 is 0 Å². The number of ether oxygens (including phenoxy) is 1. The first-order chi connectivity index (χ1) is 11.3. The van der Waals surface area contributed by atoms with E-state index in [1.165, 1.54) is 27.9 Å². The van der Waals surface area contributed by atoms with Crippen molar-refractivity contribution in [2.24, 2.45) is 0 Å². The Morgan fingerprint density at radius 1 is 1.38 bits per heavy atom. The van der Waals surface area contributed by atoms with E-state index in [1.807, 2.05) is 6.07 Å². The molecule has 0 spiro atoms. The molecule has 130 valence electrons. The summed E-state index contributed by atoms with van der Waals surface area (Å²) in [6.07, 6.45) is 4.30. The smallest absolute Gasteiger partial charge is 0.261 e. The minimum atomic E-state index is -3.67. The van der Waals surface area contributed by atoms with Crippen LogP contribution in [0.15, 0.2) is 24.4 Å². The second-order valence-electron chi connectivity index (χ2n) is 5.94. The van der Waals surface area contributed by atoms with Crippen LogP contribution >= 0.6 is 0 Å². The van der Waals surface area contributed by atoms with E-state index in [9.17, 15) is 8.42 Å². The number of H-pyrrole nitrogens is 1. The lowest BCUT2D eigenvalue weighted by Gasteiger charge is -2.30. The van der Waals surface area contributed by atoms with E-state index in [4.69, 9.17) is 9.29 Å². The van der Waals surface area contributed by atoms with Crippen molar-refractivity contribution >= 4 is 26.7 Å². The van der Waals surface area contributed by atoms with Crippen LogP contribution in [0.5, 0.6) is 5.75 Å². The number of nitrogens with zero attached hydrogens (tertiary/aromatic N) is 1. The lowest BCUT2D eigenvalue weighted by atomic mass is 10.0. The third kappa shape index (κ3) is 3.20. The van der Waals surface area contributed by atoms with Gasteiger partial charge in [0.15, 0.2) is 0 Å². The number of hydrogen-bond donors (Lipinski definition) is 3. The van der Waals surface area contributed by atoms with Gasteiger partial charge in [0.2, 0.25) is 0 Å². The molecule has 4 rings (SSSR count). The van der Waals surface area contributed by atoms with Gasteiger partial charge in [-0.25, -0.2) is 0 Å². The fourth-order valence-corrected chi connectivity index (χ4v) is 3.18. The molecule has 2 aliphatic heterocycles. The first-order valence-electron chi connectivity index (χ1n) is 7.62. The second-order valence-corrected chi connectivity index (χ2v) is 7.40. The van der Waals surface area contributed by atoms with Crippen molar-refractivity contribution in [1.29, 1.82) is 0 Å². The predicted octanol–water partition coefficient (Wildman–Crippen LogP) is 1.79. The average molecular weight is 351 g/mol. The van der Waals surface area contributed by atoms with Crippen LogP contribution in [0.25, 0.3) is 16.6 Å². The van der Waals surface area contributed by atoms with Gasteiger partial charge >= 0.3 is 0 Å². The second kappa shape index (κ2) is 6.03. The third-order valence-electron chi connectivity index (χ3n) is 4.21. The zero-order valence-corrected chi connectivity index (χ0v) is 14.6. The highest BCUT2D eigenvalue weighted by molar-refractivity contribution is 7.85. The molecule has 3 N–H and O–H groups in total. The van der Waals surface area contributed by atoms with Crippen molar-refractivity contribution in [3.8, 4) is 5.75 Å². The maximum absolute atomic E-state index is 9.19. The number of hydrogen-bond acceptors (Lipinski definition) is 5. The molecule has 0 saturated heterocycles. The summed E-state index contributed by atoms with van der Waals surface area (Å²) in [5.74, 6) is 0.920. The van der Waals surface area contributed by atoms with Crippen molar-refractivity contribution in [2.45, 2.75) is 19.5 Å². The lowest BCUT2D eigenvalue weighted by Crippen LogP contribution is -2.37. The van der Waals surface area contributed by atoms with E-state index < -0.39 is 10.1 Å². The summed E-state index contributed by atoms with van der Waals surface area (Å²) in [5.41, 5.74) is 5.13. The van der Waals surface area contributed by atoms with Gasteiger partial charge in [0.1, 0.15) is 5.75 Å². The summed E-state index contributed by atoms with van der Waals surface area (Å²) in [6.45, 7) is 3.26. The Labute approximate surface area is 141 Å². The van der Waals surface area contributed by atoms with Crippen LogP contribution in [0, 0.1) is 0 Å². The lowest BCUT2D eigenvalue weighted by molar-refractivity contribution is 0.308. The van der Waals surface area contributed by atoms with Crippen molar-refractivity contribution in [2.75, 3.05) is 19.9 Å². The summed E-state index contributed by atoms with van der Waals surface area (Å²) in [4.78, 5) is 5.97. The van der Waals surface area contributed by atoms with Crippen molar-refractivity contribution in [1.82, 2.24) is 15.2 Å². The van der Waals surface area contributed by atoms with Gasteiger partial charge < -0.3 is 19.9 Å². The number of methoxy groups -OCH3 is 1. The van der Waals surface area contributed by atoms with E-state index in [2.05, 4.69) is 40.5 Å². The van der Waals surface area contributed by atoms with Crippen LogP contribution in [0.2, 0.25) is 0 Å². The number of fused-ring (bicyclic) bond motifs is 5. The highest BCUT2D eigenvalue weighted by Crippen LogP contribution is 2.37. The van der Waals surface area contributed by atoms with Crippen LogP contribution in [0.3, 0.4) is 0 Å². The highest BCUT2D eigenvalue weighted by Gasteiger charge is 2.30. The number of nitrogens with one attached hydrogen (secondary N) is 2. The van der Waals surface area contributed by atoms with Crippen molar-refractivity contribution in [3.05, 3.63) is 35.7 Å². The van der Waals surface area contributed by atoms with Gasteiger partial charge in [0.25, 0.3) is 10.1 Å². The van der Waals surface area contributed by atoms with Crippen LogP contribution in [0.1, 0.15) is 18.2 Å². The molecule has 0 amide bonds. The van der Waals surface area contributed by atoms with Crippen LogP contribution < -0.4 is 10.1 Å². The Morgan fingerprint density at radius 2 is 2.08 bits per heavy atom. The van der Waals surface area contributed by atoms with Crippen molar-refractivity contribution < 1.29 is 17.7 Å². The van der Waals surface area contributed by atoms with E-state index in [0.717, 1.165) is 18.7 Å². The van der Waals surface area contributed by atoms with Crippen LogP contribution in [0.4, 0.5) is 0 Å². The van der Waals surface area contributed by atoms with Crippen LogP contribution in [-0.4, -0.2) is 48.9 Å². The minimum absolute atomic E-state index is 0.393. The molecule has 0 bridgehead atoms. The molecule has 7 nitrogen and oxygen atoms in total. The standard InChI is InChI=1S/C15H17N3O.CH4O3S/c1-9-16-8-14-15-11(5-6-18(9)14)12-7-10(19-2)3-4-13(12)17-15;1-5(2,3)4/h3-4,7-9,16-17H,5-6H2,1-2H3;1H3,(H,2,3,4). The molecular formula is C16H21N3O4S. The van der Waals surface area contributed by atoms with Gasteiger partial charge in [-0.1, -0.05) is 0 Å². The van der Waals surface area contributed by atoms with Gasteiger partial charge in [-0.2, -0.15) is 8.42 Å². The largest absolute Gasteiger partial charge is 0.497 e. The molecule has 1 unspecified atom stereocenters. The Hall–Kier alpha value is -2.19. The van der Waals surface area contributed by atoms with E-state index in [-0.39, 0.29) is 0 Å².